The van der Waals surface area contributed by atoms with Crippen molar-refractivity contribution in [2.45, 2.75) is 199 Å². The maximum Gasteiger partial charge on any atom is 0.326 e. The molecule has 0 bridgehead atoms. The van der Waals surface area contributed by atoms with Gasteiger partial charge in [0.15, 0.2) is 0 Å². The summed E-state index contributed by atoms with van der Waals surface area (Å²) in [6.45, 7) is 4.82. The van der Waals surface area contributed by atoms with Crippen LogP contribution in [0.15, 0.2) is 0 Å². The molecule has 0 saturated carbocycles. The second kappa shape index (κ2) is 30.8. The van der Waals surface area contributed by atoms with Crippen molar-refractivity contribution in [1.29, 1.82) is 0 Å². The van der Waals surface area contributed by atoms with Crippen LogP contribution >= 0.6 is 0 Å². The molecule has 2 atom stereocenters. The summed E-state index contributed by atoms with van der Waals surface area (Å²) in [4.78, 5) is 35.8. The van der Waals surface area contributed by atoms with Crippen LogP contribution in [0.2, 0.25) is 0 Å². The van der Waals surface area contributed by atoms with Crippen molar-refractivity contribution in [3.63, 3.8) is 0 Å². The van der Waals surface area contributed by atoms with E-state index < -0.39 is 12.0 Å². The Bertz CT molecular complexity index is 643. The highest BCUT2D eigenvalue weighted by Gasteiger charge is 2.19. The molecule has 7 nitrogen and oxygen atoms in total. The Labute approximate surface area is 258 Å². The number of nitrogens with two attached hydrogens (primary N) is 1. The first-order valence-electron chi connectivity index (χ1n) is 17.9. The predicted octanol–water partition coefficient (Wildman–Crippen LogP) is 9.00. The molecular formula is C35H68N2O5. The molecule has 0 aromatic carbocycles. The number of carboxylic acids is 1. The van der Waals surface area contributed by atoms with Crippen molar-refractivity contribution in [3.8, 4) is 0 Å². The molecule has 7 heteroatoms. The minimum absolute atomic E-state index is 0.0417. The van der Waals surface area contributed by atoms with E-state index in [9.17, 15) is 19.5 Å². The number of amides is 1. The topological polar surface area (TPSA) is 119 Å². The lowest BCUT2D eigenvalue weighted by Crippen LogP contribution is -2.40. The van der Waals surface area contributed by atoms with Crippen molar-refractivity contribution in [1.82, 2.24) is 5.32 Å². The zero-order valence-corrected chi connectivity index (χ0v) is 27.6. The number of carboxylic acid groups (broad SMARTS) is 1. The largest absolute Gasteiger partial charge is 0.480 e. The summed E-state index contributed by atoms with van der Waals surface area (Å²) in [5, 5.41) is 11.8. The van der Waals surface area contributed by atoms with E-state index in [1.54, 1.807) is 0 Å². The van der Waals surface area contributed by atoms with Gasteiger partial charge in [0.2, 0.25) is 5.91 Å². The Balaban J connectivity index is 3.84. The molecule has 0 aliphatic heterocycles. The van der Waals surface area contributed by atoms with Gasteiger partial charge in [-0.25, -0.2) is 4.79 Å². The average Bonchev–Trinajstić information content (AvgIpc) is 2.97. The Morgan fingerprint density at radius 3 is 1.55 bits per heavy atom. The smallest absolute Gasteiger partial charge is 0.326 e. The Hall–Kier alpha value is -1.63. The SMILES string of the molecule is CCCCCCCCCCCCCCCCCCC(=O)OC(CCCC)CCCCCC(=O)NC(CCCN)C(=O)O. The van der Waals surface area contributed by atoms with Gasteiger partial charge in [0, 0.05) is 12.8 Å². The van der Waals surface area contributed by atoms with Crippen LogP contribution < -0.4 is 11.1 Å². The maximum absolute atomic E-state index is 12.4. The minimum Gasteiger partial charge on any atom is -0.480 e. The van der Waals surface area contributed by atoms with Gasteiger partial charge < -0.3 is 20.9 Å². The van der Waals surface area contributed by atoms with Crippen molar-refractivity contribution in [2.75, 3.05) is 6.54 Å². The third-order valence-electron chi connectivity index (χ3n) is 8.17. The second-order valence-corrected chi connectivity index (χ2v) is 12.3. The summed E-state index contributed by atoms with van der Waals surface area (Å²) >= 11 is 0. The van der Waals surface area contributed by atoms with Gasteiger partial charge in [-0.1, -0.05) is 129 Å². The first-order valence-corrected chi connectivity index (χ1v) is 17.9. The van der Waals surface area contributed by atoms with Crippen molar-refractivity contribution >= 4 is 17.8 Å². The van der Waals surface area contributed by atoms with E-state index in [4.69, 9.17) is 10.5 Å². The lowest BCUT2D eigenvalue weighted by atomic mass is 10.0. The number of ether oxygens (including phenoxy) is 1. The summed E-state index contributed by atoms with van der Waals surface area (Å²) in [6.07, 6.45) is 29.1. The van der Waals surface area contributed by atoms with Crippen LogP contribution in [-0.2, 0) is 19.1 Å². The molecule has 0 heterocycles. The highest BCUT2D eigenvalue weighted by molar-refractivity contribution is 5.83. The summed E-state index contributed by atoms with van der Waals surface area (Å²) in [6, 6.07) is -0.867. The van der Waals surface area contributed by atoms with Gasteiger partial charge in [0.25, 0.3) is 0 Å². The third-order valence-corrected chi connectivity index (χ3v) is 8.17. The normalized spacial score (nSPS) is 12.6. The van der Waals surface area contributed by atoms with E-state index in [1.807, 2.05) is 0 Å². The van der Waals surface area contributed by atoms with E-state index in [1.165, 1.54) is 89.9 Å². The lowest BCUT2D eigenvalue weighted by Gasteiger charge is -2.18. The number of unbranched alkanes of at least 4 members (excludes halogenated alkanes) is 18. The fourth-order valence-corrected chi connectivity index (χ4v) is 5.44. The standard InChI is InChI=1S/C35H68N2O5/c1-3-5-7-8-9-10-11-12-13-14-15-16-17-18-19-23-29-34(39)42-31(25-6-4-2)26-21-20-22-28-33(38)37-32(35(40)41)27-24-30-36/h31-32H,3-30,36H2,1-2H3,(H,37,38)(H,40,41). The fourth-order valence-electron chi connectivity index (χ4n) is 5.44. The maximum atomic E-state index is 12.4. The Morgan fingerprint density at radius 1 is 0.595 bits per heavy atom. The molecule has 248 valence electrons. The number of carbonyl (C=O) groups is 3. The van der Waals surface area contributed by atoms with Crippen LogP contribution in [0.1, 0.15) is 187 Å². The second-order valence-electron chi connectivity index (χ2n) is 12.3. The lowest BCUT2D eigenvalue weighted by molar-refractivity contribution is -0.150. The number of esters is 1. The van der Waals surface area contributed by atoms with Crippen molar-refractivity contribution < 1.29 is 24.2 Å². The molecular weight excluding hydrogens is 528 g/mol. The number of nitrogens with one attached hydrogen (secondary N) is 1. The molecule has 4 N–H and O–H groups in total. The number of rotatable bonds is 32. The molecule has 0 aromatic heterocycles. The number of hydrogen-bond donors (Lipinski definition) is 3. The van der Waals surface area contributed by atoms with Crippen LogP contribution in [0, 0.1) is 0 Å². The molecule has 0 saturated heterocycles. The summed E-state index contributed by atoms with van der Waals surface area (Å²) in [5.41, 5.74) is 5.45. The van der Waals surface area contributed by atoms with Crippen LogP contribution in [-0.4, -0.2) is 41.6 Å². The first-order chi connectivity index (χ1) is 20.4. The molecule has 42 heavy (non-hydrogen) atoms. The molecule has 0 radical (unpaired) electrons. The molecule has 0 aromatic rings. The molecule has 0 spiro atoms. The van der Waals surface area contributed by atoms with Gasteiger partial charge in [-0.3, -0.25) is 9.59 Å². The minimum atomic E-state index is -1.02. The van der Waals surface area contributed by atoms with Gasteiger partial charge >= 0.3 is 11.9 Å². The third kappa shape index (κ3) is 27.2. The summed E-state index contributed by atoms with van der Waals surface area (Å²) < 4.78 is 5.83. The molecule has 0 aliphatic carbocycles. The fraction of sp³-hybridized carbons (Fsp3) is 0.914. The van der Waals surface area contributed by atoms with Crippen LogP contribution in [0.3, 0.4) is 0 Å². The zero-order chi connectivity index (χ0) is 31.1. The Kier molecular flexibility index (Phi) is 29.6. The van der Waals surface area contributed by atoms with Gasteiger partial charge in [0.05, 0.1) is 0 Å². The highest BCUT2D eigenvalue weighted by atomic mass is 16.5. The summed E-state index contributed by atoms with van der Waals surface area (Å²) in [7, 11) is 0. The zero-order valence-electron chi connectivity index (χ0n) is 27.6. The van der Waals surface area contributed by atoms with E-state index >= 15 is 0 Å². The summed E-state index contributed by atoms with van der Waals surface area (Å²) in [5.74, 6) is -1.32. The van der Waals surface area contributed by atoms with Gasteiger partial charge in [0.1, 0.15) is 12.1 Å². The van der Waals surface area contributed by atoms with Gasteiger partial charge in [-0.05, 0) is 51.5 Å². The molecule has 0 rings (SSSR count). The number of hydrogen-bond acceptors (Lipinski definition) is 5. The van der Waals surface area contributed by atoms with Crippen molar-refractivity contribution in [2.24, 2.45) is 5.73 Å². The molecule has 2 unspecified atom stereocenters. The Morgan fingerprint density at radius 2 is 1.05 bits per heavy atom. The van der Waals surface area contributed by atoms with E-state index in [2.05, 4.69) is 19.2 Å². The number of aliphatic carboxylic acids is 1. The van der Waals surface area contributed by atoms with Crippen LogP contribution in [0.4, 0.5) is 0 Å². The monoisotopic (exact) mass is 597 g/mol. The molecule has 0 aliphatic rings. The first kappa shape index (κ1) is 40.4. The van der Waals surface area contributed by atoms with Gasteiger partial charge in [-0.15, -0.1) is 0 Å². The quantitative estimate of drug-likeness (QED) is 0.0527. The number of carbonyl (C=O) groups excluding carboxylic acids is 2. The molecule has 1 amide bonds. The average molecular weight is 597 g/mol. The van der Waals surface area contributed by atoms with Crippen molar-refractivity contribution in [3.05, 3.63) is 0 Å². The van der Waals surface area contributed by atoms with E-state index in [0.29, 0.717) is 38.6 Å². The van der Waals surface area contributed by atoms with Crippen LogP contribution in [0.25, 0.3) is 0 Å². The van der Waals surface area contributed by atoms with Crippen LogP contribution in [0.5, 0.6) is 0 Å². The van der Waals surface area contributed by atoms with E-state index in [0.717, 1.165) is 51.4 Å². The van der Waals surface area contributed by atoms with E-state index in [-0.39, 0.29) is 18.0 Å². The van der Waals surface area contributed by atoms with Gasteiger partial charge in [-0.2, -0.15) is 0 Å². The molecule has 0 fully saturated rings. The predicted molar refractivity (Wildman–Crippen MR) is 175 cm³/mol. The highest BCUT2D eigenvalue weighted by Crippen LogP contribution is 2.17.